The summed E-state index contributed by atoms with van der Waals surface area (Å²) in [7, 11) is 0. The number of fused-ring (bicyclic) bond motifs is 1. The molecule has 1 aromatic heterocycles. The van der Waals surface area contributed by atoms with Crippen molar-refractivity contribution in [1.29, 1.82) is 0 Å². The van der Waals surface area contributed by atoms with Crippen molar-refractivity contribution in [1.82, 2.24) is 14.9 Å². The first-order valence-electron chi connectivity index (χ1n) is 6.55. The number of likely N-dealkylation sites (N-methyl/N-ethyl adjacent to an activating group) is 1. The standard InChI is InChI=1S/C14H20N4O/c1-4-16-13(19)8-18-12-6-5-10(15)7-11(12)17-14(18)9(2)3/h5-7,9H,4,8,15H2,1-3H3,(H,16,19). The van der Waals surface area contributed by atoms with Crippen molar-refractivity contribution >= 4 is 22.6 Å². The summed E-state index contributed by atoms with van der Waals surface area (Å²) >= 11 is 0. The number of nitrogens with zero attached hydrogens (tertiary/aromatic N) is 2. The lowest BCUT2D eigenvalue weighted by Crippen LogP contribution is -2.27. The van der Waals surface area contributed by atoms with Crippen molar-refractivity contribution in [3.63, 3.8) is 0 Å². The van der Waals surface area contributed by atoms with Crippen LogP contribution in [0.5, 0.6) is 0 Å². The number of carbonyl (C=O) groups is 1. The molecule has 0 unspecified atom stereocenters. The summed E-state index contributed by atoms with van der Waals surface area (Å²) in [5.41, 5.74) is 8.25. The van der Waals surface area contributed by atoms with Gasteiger partial charge in [0, 0.05) is 18.2 Å². The maximum absolute atomic E-state index is 11.8. The quantitative estimate of drug-likeness (QED) is 0.824. The van der Waals surface area contributed by atoms with Gasteiger partial charge >= 0.3 is 0 Å². The topological polar surface area (TPSA) is 72.9 Å². The maximum atomic E-state index is 11.8. The summed E-state index contributed by atoms with van der Waals surface area (Å²) in [5, 5.41) is 2.81. The van der Waals surface area contributed by atoms with E-state index in [2.05, 4.69) is 24.1 Å². The molecule has 0 fully saturated rings. The molecule has 1 aromatic carbocycles. The highest BCUT2D eigenvalue weighted by Gasteiger charge is 2.15. The summed E-state index contributed by atoms with van der Waals surface area (Å²) in [5.74, 6) is 1.16. The van der Waals surface area contributed by atoms with E-state index in [9.17, 15) is 4.79 Å². The number of imidazole rings is 1. The third-order valence-corrected chi connectivity index (χ3v) is 2.99. The molecule has 0 radical (unpaired) electrons. The highest BCUT2D eigenvalue weighted by Crippen LogP contribution is 2.23. The molecule has 1 heterocycles. The van der Waals surface area contributed by atoms with Crippen LogP contribution in [0.3, 0.4) is 0 Å². The molecule has 0 spiro atoms. The first-order chi connectivity index (χ1) is 9.02. The molecule has 0 atom stereocenters. The average molecular weight is 260 g/mol. The number of anilines is 1. The monoisotopic (exact) mass is 260 g/mol. The van der Waals surface area contributed by atoms with Crippen LogP contribution in [0.15, 0.2) is 18.2 Å². The van der Waals surface area contributed by atoms with Gasteiger partial charge in [0.15, 0.2) is 0 Å². The summed E-state index contributed by atoms with van der Waals surface area (Å²) in [6.07, 6.45) is 0. The first-order valence-corrected chi connectivity index (χ1v) is 6.55. The van der Waals surface area contributed by atoms with Gasteiger partial charge in [0.25, 0.3) is 0 Å². The molecule has 102 valence electrons. The van der Waals surface area contributed by atoms with Crippen molar-refractivity contribution in [3.8, 4) is 0 Å². The first kappa shape index (κ1) is 13.4. The molecule has 19 heavy (non-hydrogen) atoms. The van der Waals surface area contributed by atoms with Crippen LogP contribution >= 0.6 is 0 Å². The van der Waals surface area contributed by atoms with Crippen LogP contribution in [-0.4, -0.2) is 22.0 Å². The number of rotatable bonds is 4. The molecule has 2 rings (SSSR count). The summed E-state index contributed by atoms with van der Waals surface area (Å²) in [6, 6.07) is 5.60. The largest absolute Gasteiger partial charge is 0.399 e. The number of hydrogen-bond donors (Lipinski definition) is 2. The van der Waals surface area contributed by atoms with Gasteiger partial charge in [-0.2, -0.15) is 0 Å². The fourth-order valence-corrected chi connectivity index (χ4v) is 2.17. The Morgan fingerprint density at radius 3 is 2.84 bits per heavy atom. The number of nitrogen functional groups attached to an aromatic ring is 1. The zero-order chi connectivity index (χ0) is 14.0. The zero-order valence-electron chi connectivity index (χ0n) is 11.6. The van der Waals surface area contributed by atoms with Gasteiger partial charge in [-0.15, -0.1) is 0 Å². The van der Waals surface area contributed by atoms with Crippen molar-refractivity contribution in [2.45, 2.75) is 33.2 Å². The minimum atomic E-state index is 0.000486. The SMILES string of the molecule is CCNC(=O)Cn1c(C(C)C)nc2cc(N)ccc21. The Labute approximate surface area is 112 Å². The molecule has 0 aliphatic rings. The lowest BCUT2D eigenvalue weighted by Gasteiger charge is -2.11. The van der Waals surface area contributed by atoms with E-state index in [1.165, 1.54) is 0 Å². The molecule has 0 aliphatic carbocycles. The van der Waals surface area contributed by atoms with Gasteiger partial charge in [0.05, 0.1) is 11.0 Å². The Balaban J connectivity index is 2.49. The van der Waals surface area contributed by atoms with Gasteiger partial charge in [-0.1, -0.05) is 13.8 Å². The molecule has 0 aliphatic heterocycles. The molecule has 5 heteroatoms. The van der Waals surface area contributed by atoms with Crippen LogP contribution in [0.2, 0.25) is 0 Å². The Morgan fingerprint density at radius 1 is 1.47 bits per heavy atom. The summed E-state index contributed by atoms with van der Waals surface area (Å²) in [6.45, 7) is 6.97. The van der Waals surface area contributed by atoms with E-state index >= 15 is 0 Å². The van der Waals surface area contributed by atoms with E-state index in [0.29, 0.717) is 18.8 Å². The number of carbonyl (C=O) groups excluding carboxylic acids is 1. The summed E-state index contributed by atoms with van der Waals surface area (Å²) < 4.78 is 1.96. The Kier molecular flexibility index (Phi) is 3.74. The van der Waals surface area contributed by atoms with Crippen LogP contribution in [0.4, 0.5) is 5.69 Å². The van der Waals surface area contributed by atoms with Gasteiger partial charge in [-0.05, 0) is 25.1 Å². The zero-order valence-corrected chi connectivity index (χ0v) is 11.6. The summed E-state index contributed by atoms with van der Waals surface area (Å²) in [4.78, 5) is 16.4. The van der Waals surface area contributed by atoms with E-state index in [4.69, 9.17) is 5.73 Å². The Bertz CT molecular complexity index is 601. The van der Waals surface area contributed by atoms with Gasteiger partial charge in [-0.3, -0.25) is 4.79 Å². The number of hydrogen-bond acceptors (Lipinski definition) is 3. The van der Waals surface area contributed by atoms with Crippen molar-refractivity contribution in [2.75, 3.05) is 12.3 Å². The van der Waals surface area contributed by atoms with E-state index < -0.39 is 0 Å². The van der Waals surface area contributed by atoms with Crippen LogP contribution in [-0.2, 0) is 11.3 Å². The van der Waals surface area contributed by atoms with E-state index in [1.54, 1.807) is 0 Å². The highest BCUT2D eigenvalue weighted by atomic mass is 16.1. The molecule has 3 N–H and O–H groups in total. The van der Waals surface area contributed by atoms with Crippen LogP contribution in [0.25, 0.3) is 11.0 Å². The smallest absolute Gasteiger partial charge is 0.239 e. The predicted molar refractivity (Wildman–Crippen MR) is 76.9 cm³/mol. The lowest BCUT2D eigenvalue weighted by molar-refractivity contribution is -0.121. The Morgan fingerprint density at radius 2 is 2.21 bits per heavy atom. The van der Waals surface area contributed by atoms with Gasteiger partial charge in [0.2, 0.25) is 5.91 Å². The van der Waals surface area contributed by atoms with Gasteiger partial charge in [-0.25, -0.2) is 4.98 Å². The van der Waals surface area contributed by atoms with Crippen molar-refractivity contribution in [2.24, 2.45) is 0 Å². The predicted octanol–water partition coefficient (Wildman–Crippen LogP) is 1.88. The van der Waals surface area contributed by atoms with Crippen molar-refractivity contribution < 1.29 is 4.79 Å². The van der Waals surface area contributed by atoms with Crippen LogP contribution in [0.1, 0.15) is 32.5 Å². The second kappa shape index (κ2) is 5.30. The van der Waals surface area contributed by atoms with E-state index in [-0.39, 0.29) is 11.8 Å². The molecule has 0 saturated carbocycles. The third kappa shape index (κ3) is 2.70. The molecular weight excluding hydrogens is 240 g/mol. The van der Waals surface area contributed by atoms with Gasteiger partial charge < -0.3 is 15.6 Å². The maximum Gasteiger partial charge on any atom is 0.239 e. The molecule has 2 aromatic rings. The van der Waals surface area contributed by atoms with Crippen LogP contribution in [0, 0.1) is 0 Å². The Hall–Kier alpha value is -2.04. The second-order valence-corrected chi connectivity index (χ2v) is 4.91. The average Bonchev–Trinajstić information content (AvgIpc) is 2.67. The van der Waals surface area contributed by atoms with Crippen LogP contribution < -0.4 is 11.1 Å². The normalized spacial score (nSPS) is 11.2. The number of nitrogens with two attached hydrogens (primary N) is 1. The van der Waals surface area contributed by atoms with E-state index in [0.717, 1.165) is 16.9 Å². The fourth-order valence-electron chi connectivity index (χ4n) is 2.17. The molecular formula is C14H20N4O. The lowest BCUT2D eigenvalue weighted by atomic mass is 10.2. The molecule has 0 saturated heterocycles. The second-order valence-electron chi connectivity index (χ2n) is 4.91. The molecule has 5 nitrogen and oxygen atoms in total. The molecule has 0 bridgehead atoms. The minimum Gasteiger partial charge on any atom is -0.399 e. The fraction of sp³-hybridized carbons (Fsp3) is 0.429. The highest BCUT2D eigenvalue weighted by molar-refractivity contribution is 5.83. The van der Waals surface area contributed by atoms with Gasteiger partial charge in [0.1, 0.15) is 12.4 Å². The number of aromatic nitrogens is 2. The van der Waals surface area contributed by atoms with E-state index in [1.807, 2.05) is 29.7 Å². The third-order valence-electron chi connectivity index (χ3n) is 2.99. The molecule has 1 amide bonds. The number of amides is 1. The minimum absolute atomic E-state index is 0.000486. The number of benzene rings is 1. The van der Waals surface area contributed by atoms with Crippen molar-refractivity contribution in [3.05, 3.63) is 24.0 Å². The number of nitrogens with one attached hydrogen (secondary N) is 1.